The number of aromatic nitrogens is 1. The van der Waals surface area contributed by atoms with Crippen molar-refractivity contribution < 1.29 is 10.2 Å². The number of aryl methyl sites for hydroxylation is 1. The second-order valence-electron chi connectivity index (χ2n) is 12.6. The number of fused-ring (bicyclic) bond motifs is 5. The summed E-state index contributed by atoms with van der Waals surface area (Å²) in [5.74, 6) is 3.57. The van der Waals surface area contributed by atoms with Gasteiger partial charge in [-0.1, -0.05) is 26.8 Å². The number of hydrogen-bond donors (Lipinski definition) is 2. The monoisotopic (exact) mass is 439 g/mol. The van der Waals surface area contributed by atoms with Crippen LogP contribution in [-0.4, -0.2) is 26.9 Å². The van der Waals surface area contributed by atoms with E-state index in [1.807, 2.05) is 18.5 Å². The average Bonchev–Trinajstić information content (AvgIpc) is 3.16. The highest BCUT2D eigenvalue weighted by Gasteiger charge is 2.62. The van der Waals surface area contributed by atoms with Gasteiger partial charge in [0.05, 0.1) is 11.7 Å². The van der Waals surface area contributed by atoms with Gasteiger partial charge in [-0.15, -0.1) is 0 Å². The molecule has 1 aromatic rings. The van der Waals surface area contributed by atoms with Gasteiger partial charge in [-0.25, -0.2) is 0 Å². The Bertz CT molecular complexity index is 798. The Kier molecular flexibility index (Phi) is 5.98. The van der Waals surface area contributed by atoms with E-state index in [4.69, 9.17) is 0 Å². The van der Waals surface area contributed by atoms with Crippen LogP contribution in [0.15, 0.2) is 24.5 Å². The molecule has 0 spiro atoms. The van der Waals surface area contributed by atoms with Gasteiger partial charge in [0.25, 0.3) is 0 Å². The Balaban J connectivity index is 1.35. The summed E-state index contributed by atoms with van der Waals surface area (Å²) >= 11 is 0. The molecule has 3 nitrogen and oxygen atoms in total. The van der Waals surface area contributed by atoms with Crippen molar-refractivity contribution >= 4 is 0 Å². The molecule has 0 aliphatic heterocycles. The molecule has 32 heavy (non-hydrogen) atoms. The summed E-state index contributed by atoms with van der Waals surface area (Å²) in [4.78, 5) is 4.28. The summed E-state index contributed by atoms with van der Waals surface area (Å²) in [5, 5.41) is 22.3. The van der Waals surface area contributed by atoms with Crippen molar-refractivity contribution in [1.82, 2.24) is 4.98 Å². The van der Waals surface area contributed by atoms with Crippen LogP contribution in [0.5, 0.6) is 0 Å². The molecule has 4 aliphatic rings. The van der Waals surface area contributed by atoms with E-state index in [0.29, 0.717) is 11.3 Å². The quantitative estimate of drug-likeness (QED) is 0.576. The van der Waals surface area contributed by atoms with Crippen LogP contribution in [0.4, 0.5) is 0 Å². The smallest absolute Gasteiger partial charge is 0.0681 e. The van der Waals surface area contributed by atoms with Crippen LogP contribution in [0.2, 0.25) is 0 Å². The molecular formula is C29H45NO2. The molecule has 0 amide bonds. The highest BCUT2D eigenvalue weighted by molar-refractivity contribution is 5.14. The van der Waals surface area contributed by atoms with Crippen molar-refractivity contribution in [1.29, 1.82) is 0 Å². The van der Waals surface area contributed by atoms with E-state index in [9.17, 15) is 10.2 Å². The normalized spacial score (nSPS) is 45.4. The maximum atomic E-state index is 12.0. The van der Waals surface area contributed by atoms with E-state index in [0.717, 1.165) is 55.8 Å². The molecule has 5 rings (SSSR count). The van der Waals surface area contributed by atoms with Crippen molar-refractivity contribution in [2.45, 2.75) is 110 Å². The molecule has 0 radical (unpaired) electrons. The van der Waals surface area contributed by atoms with Gasteiger partial charge in [-0.2, -0.15) is 0 Å². The van der Waals surface area contributed by atoms with E-state index in [1.165, 1.54) is 50.5 Å². The van der Waals surface area contributed by atoms with Gasteiger partial charge < -0.3 is 10.2 Å². The van der Waals surface area contributed by atoms with Crippen molar-refractivity contribution in [3.63, 3.8) is 0 Å². The Labute approximate surface area is 195 Å². The van der Waals surface area contributed by atoms with Gasteiger partial charge in [0, 0.05) is 12.4 Å². The molecule has 1 heterocycles. The number of rotatable bonds is 5. The lowest BCUT2D eigenvalue weighted by Crippen LogP contribution is -2.55. The molecule has 1 aromatic heterocycles. The number of hydrogen-bond acceptors (Lipinski definition) is 3. The summed E-state index contributed by atoms with van der Waals surface area (Å²) < 4.78 is 0. The van der Waals surface area contributed by atoms with Crippen LogP contribution in [0.3, 0.4) is 0 Å². The first kappa shape index (κ1) is 22.8. The molecule has 0 unspecified atom stereocenters. The lowest BCUT2D eigenvalue weighted by Gasteiger charge is -2.61. The second-order valence-corrected chi connectivity index (χ2v) is 12.6. The maximum absolute atomic E-state index is 12.0. The van der Waals surface area contributed by atoms with Crippen LogP contribution >= 0.6 is 0 Å². The number of aliphatic hydroxyl groups is 2. The van der Waals surface area contributed by atoms with Gasteiger partial charge in [0.1, 0.15) is 0 Å². The van der Waals surface area contributed by atoms with Crippen molar-refractivity contribution in [3.05, 3.63) is 30.1 Å². The Hall–Kier alpha value is -0.930. The Morgan fingerprint density at radius 1 is 1.03 bits per heavy atom. The molecule has 4 saturated carbocycles. The molecule has 2 N–H and O–H groups in total. The van der Waals surface area contributed by atoms with Gasteiger partial charge >= 0.3 is 0 Å². The van der Waals surface area contributed by atoms with E-state index in [2.05, 4.69) is 31.8 Å². The minimum atomic E-state index is -0.567. The molecule has 178 valence electrons. The zero-order valence-electron chi connectivity index (χ0n) is 20.6. The van der Waals surface area contributed by atoms with Crippen LogP contribution in [0, 0.1) is 40.4 Å². The minimum Gasteiger partial charge on any atom is -0.393 e. The number of aliphatic hydroxyl groups excluding tert-OH is 1. The van der Waals surface area contributed by atoms with Crippen molar-refractivity contribution in [2.75, 3.05) is 0 Å². The van der Waals surface area contributed by atoms with Crippen LogP contribution in [0.25, 0.3) is 0 Å². The summed E-state index contributed by atoms with van der Waals surface area (Å²) in [6, 6.07) is 4.16. The van der Waals surface area contributed by atoms with E-state index >= 15 is 0 Å². The van der Waals surface area contributed by atoms with Crippen LogP contribution in [-0.2, 0) is 6.42 Å². The predicted molar refractivity (Wildman–Crippen MR) is 129 cm³/mol. The average molecular weight is 440 g/mol. The highest BCUT2D eigenvalue weighted by atomic mass is 16.3. The van der Waals surface area contributed by atoms with Crippen molar-refractivity contribution in [3.8, 4) is 0 Å². The SMILES string of the molecule is CC[C@@](O)(CCc1cccnc1)[C@H]1CC[C@H]2[C@@H]3CC[C@H]4C[C@@H](O)CC[C@]4(C)[C@H]3CC[C@]12C. The molecule has 0 aromatic carbocycles. The first-order valence-corrected chi connectivity index (χ1v) is 13.6. The molecule has 4 aliphatic carbocycles. The lowest BCUT2D eigenvalue weighted by atomic mass is 9.44. The summed E-state index contributed by atoms with van der Waals surface area (Å²) in [6.07, 6.45) is 17.4. The standard InChI is InChI=1S/C29H45NO2/c1-4-29(32,16-11-20-6-5-17-30-19-20)26-10-9-24-23-8-7-21-18-22(31)12-14-27(21,2)25(23)13-15-28(24,26)3/h5-6,17,19,21-26,31-32H,4,7-16,18H2,1-3H3/t21-,22-,23-,24-,25-,26-,27-,28-,29+/m0/s1. The van der Waals surface area contributed by atoms with E-state index in [-0.39, 0.29) is 11.5 Å². The summed E-state index contributed by atoms with van der Waals surface area (Å²) in [6.45, 7) is 7.33. The second kappa shape index (κ2) is 8.38. The molecule has 3 heteroatoms. The number of pyridine rings is 1. The predicted octanol–water partition coefficient (Wildman–Crippen LogP) is 6.18. The zero-order chi connectivity index (χ0) is 22.6. The largest absolute Gasteiger partial charge is 0.393 e. The lowest BCUT2D eigenvalue weighted by molar-refractivity contribution is -0.148. The molecule has 0 bridgehead atoms. The molecule has 0 saturated heterocycles. The minimum absolute atomic E-state index is 0.0614. The van der Waals surface area contributed by atoms with Gasteiger partial charge in [-0.05, 0) is 129 Å². The molecule has 9 atom stereocenters. The van der Waals surface area contributed by atoms with Gasteiger partial charge in [0.2, 0.25) is 0 Å². The third-order valence-corrected chi connectivity index (χ3v) is 11.5. The van der Waals surface area contributed by atoms with E-state index in [1.54, 1.807) is 0 Å². The van der Waals surface area contributed by atoms with Gasteiger partial charge in [-0.3, -0.25) is 4.98 Å². The maximum Gasteiger partial charge on any atom is 0.0681 e. The third-order valence-electron chi connectivity index (χ3n) is 11.5. The first-order valence-electron chi connectivity index (χ1n) is 13.6. The van der Waals surface area contributed by atoms with E-state index < -0.39 is 5.60 Å². The van der Waals surface area contributed by atoms with Crippen LogP contribution < -0.4 is 0 Å². The fourth-order valence-corrected chi connectivity index (χ4v) is 9.62. The third kappa shape index (κ3) is 3.57. The molecular weight excluding hydrogens is 394 g/mol. The topological polar surface area (TPSA) is 53.4 Å². The zero-order valence-corrected chi connectivity index (χ0v) is 20.6. The van der Waals surface area contributed by atoms with Crippen LogP contribution in [0.1, 0.15) is 97.0 Å². The summed E-state index contributed by atoms with van der Waals surface area (Å²) in [7, 11) is 0. The summed E-state index contributed by atoms with van der Waals surface area (Å²) in [5.41, 5.74) is 1.39. The first-order chi connectivity index (χ1) is 15.3. The fourth-order valence-electron chi connectivity index (χ4n) is 9.62. The molecule has 4 fully saturated rings. The Morgan fingerprint density at radius 2 is 1.81 bits per heavy atom. The Morgan fingerprint density at radius 3 is 2.56 bits per heavy atom. The van der Waals surface area contributed by atoms with Crippen molar-refractivity contribution in [2.24, 2.45) is 40.4 Å². The fraction of sp³-hybridized carbons (Fsp3) is 0.828. The van der Waals surface area contributed by atoms with Gasteiger partial charge in [0.15, 0.2) is 0 Å². The number of nitrogens with zero attached hydrogens (tertiary/aromatic N) is 1. The highest BCUT2D eigenvalue weighted by Crippen LogP contribution is 2.69.